The maximum absolute atomic E-state index is 5.58. The highest BCUT2D eigenvalue weighted by Crippen LogP contribution is 2.12. The van der Waals surface area contributed by atoms with E-state index in [1.165, 1.54) is 6.42 Å². The molecular formula is C14H25N3O. The Hall–Kier alpha value is -1.16. The average Bonchev–Trinajstić information content (AvgIpc) is 2.29. The van der Waals surface area contributed by atoms with Gasteiger partial charge in [-0.2, -0.15) is 0 Å². The van der Waals surface area contributed by atoms with Crippen LogP contribution in [-0.4, -0.2) is 28.7 Å². The molecule has 0 radical (unpaired) electrons. The summed E-state index contributed by atoms with van der Waals surface area (Å²) in [6, 6.07) is 2.43. The summed E-state index contributed by atoms with van der Waals surface area (Å²) in [6.07, 6.45) is 5.00. The number of rotatable bonds is 8. The van der Waals surface area contributed by atoms with Gasteiger partial charge < -0.3 is 10.1 Å². The van der Waals surface area contributed by atoms with Crippen molar-refractivity contribution in [3.05, 3.63) is 18.1 Å². The van der Waals surface area contributed by atoms with Crippen LogP contribution in [0.4, 0.5) is 0 Å². The quantitative estimate of drug-likeness (QED) is 0.771. The van der Waals surface area contributed by atoms with Gasteiger partial charge in [0.15, 0.2) is 0 Å². The minimum Gasteiger partial charge on any atom is -0.475 e. The van der Waals surface area contributed by atoms with Gasteiger partial charge in [0.05, 0.1) is 6.10 Å². The molecule has 0 fully saturated rings. The largest absolute Gasteiger partial charge is 0.475 e. The van der Waals surface area contributed by atoms with E-state index in [4.69, 9.17) is 4.74 Å². The Morgan fingerprint density at radius 1 is 1.28 bits per heavy atom. The Labute approximate surface area is 110 Å². The SMILES string of the molecule is CCCC(Cc1cc(OC(C)C)ncn1)NCC. The van der Waals surface area contributed by atoms with Crippen LogP contribution in [-0.2, 0) is 6.42 Å². The lowest BCUT2D eigenvalue weighted by Crippen LogP contribution is -2.31. The molecular weight excluding hydrogens is 226 g/mol. The predicted molar refractivity (Wildman–Crippen MR) is 73.9 cm³/mol. The molecule has 0 saturated heterocycles. The van der Waals surface area contributed by atoms with Gasteiger partial charge >= 0.3 is 0 Å². The van der Waals surface area contributed by atoms with Crippen LogP contribution in [0.15, 0.2) is 12.4 Å². The fourth-order valence-electron chi connectivity index (χ4n) is 1.96. The molecule has 4 nitrogen and oxygen atoms in total. The van der Waals surface area contributed by atoms with Crippen molar-refractivity contribution in [2.45, 2.75) is 59.1 Å². The average molecular weight is 251 g/mol. The zero-order valence-electron chi connectivity index (χ0n) is 11.9. The van der Waals surface area contributed by atoms with Gasteiger partial charge in [-0.15, -0.1) is 0 Å². The number of likely N-dealkylation sites (N-methyl/N-ethyl adjacent to an activating group) is 1. The smallest absolute Gasteiger partial charge is 0.216 e. The number of nitrogens with one attached hydrogen (secondary N) is 1. The molecule has 0 spiro atoms. The van der Waals surface area contributed by atoms with Crippen LogP contribution in [0.3, 0.4) is 0 Å². The molecule has 1 aromatic heterocycles. The second-order valence-electron chi connectivity index (χ2n) is 4.76. The van der Waals surface area contributed by atoms with Gasteiger partial charge in [0.2, 0.25) is 5.88 Å². The molecule has 18 heavy (non-hydrogen) atoms. The maximum atomic E-state index is 5.58. The topological polar surface area (TPSA) is 47.0 Å². The minimum atomic E-state index is 0.146. The van der Waals surface area contributed by atoms with Gasteiger partial charge in [0.1, 0.15) is 6.33 Å². The Kier molecular flexibility index (Phi) is 6.65. The molecule has 0 saturated carbocycles. The van der Waals surface area contributed by atoms with Crippen molar-refractivity contribution in [2.24, 2.45) is 0 Å². The van der Waals surface area contributed by atoms with Crippen molar-refractivity contribution in [1.82, 2.24) is 15.3 Å². The summed E-state index contributed by atoms with van der Waals surface area (Å²) < 4.78 is 5.58. The predicted octanol–water partition coefficient (Wildman–Crippen LogP) is 2.58. The molecule has 1 N–H and O–H groups in total. The van der Waals surface area contributed by atoms with Gasteiger partial charge in [0, 0.05) is 24.2 Å². The highest BCUT2D eigenvalue weighted by Gasteiger charge is 2.09. The molecule has 1 aromatic rings. The molecule has 0 aliphatic carbocycles. The fraction of sp³-hybridized carbons (Fsp3) is 0.714. The monoisotopic (exact) mass is 251 g/mol. The molecule has 0 aromatic carbocycles. The normalized spacial score (nSPS) is 12.7. The lowest BCUT2D eigenvalue weighted by Gasteiger charge is -2.17. The van der Waals surface area contributed by atoms with E-state index >= 15 is 0 Å². The molecule has 102 valence electrons. The first-order valence-corrected chi connectivity index (χ1v) is 6.86. The molecule has 0 aliphatic rings. The molecule has 1 atom stereocenters. The zero-order valence-corrected chi connectivity index (χ0v) is 11.9. The molecule has 1 heterocycles. The molecule has 0 bridgehead atoms. The van der Waals surface area contributed by atoms with Gasteiger partial charge in [0.25, 0.3) is 0 Å². The minimum absolute atomic E-state index is 0.146. The van der Waals surface area contributed by atoms with Crippen LogP contribution in [0.2, 0.25) is 0 Å². The Balaban J connectivity index is 2.64. The highest BCUT2D eigenvalue weighted by molar-refractivity contribution is 5.14. The fourth-order valence-corrected chi connectivity index (χ4v) is 1.96. The number of hydrogen-bond donors (Lipinski definition) is 1. The first-order valence-electron chi connectivity index (χ1n) is 6.86. The first kappa shape index (κ1) is 14.9. The van der Waals surface area contributed by atoms with Crippen molar-refractivity contribution in [2.75, 3.05) is 6.54 Å². The van der Waals surface area contributed by atoms with Crippen LogP contribution in [0.5, 0.6) is 5.88 Å². The van der Waals surface area contributed by atoms with Crippen molar-refractivity contribution >= 4 is 0 Å². The first-order chi connectivity index (χ1) is 8.65. The van der Waals surface area contributed by atoms with E-state index in [0.29, 0.717) is 11.9 Å². The summed E-state index contributed by atoms with van der Waals surface area (Å²) in [4.78, 5) is 8.44. The summed E-state index contributed by atoms with van der Waals surface area (Å²) in [5.41, 5.74) is 1.04. The van der Waals surface area contributed by atoms with Gasteiger partial charge in [-0.3, -0.25) is 0 Å². The number of aromatic nitrogens is 2. The molecule has 1 unspecified atom stereocenters. The van der Waals surface area contributed by atoms with E-state index in [2.05, 4.69) is 29.1 Å². The molecule has 0 amide bonds. The molecule has 4 heteroatoms. The van der Waals surface area contributed by atoms with Crippen LogP contribution < -0.4 is 10.1 Å². The number of hydrogen-bond acceptors (Lipinski definition) is 4. The summed E-state index contributed by atoms with van der Waals surface area (Å²) in [6.45, 7) is 9.33. The van der Waals surface area contributed by atoms with Crippen LogP contribution in [0, 0.1) is 0 Å². The van der Waals surface area contributed by atoms with Crippen molar-refractivity contribution in [1.29, 1.82) is 0 Å². The van der Waals surface area contributed by atoms with Crippen LogP contribution in [0.1, 0.15) is 46.2 Å². The Morgan fingerprint density at radius 3 is 2.67 bits per heavy atom. The van der Waals surface area contributed by atoms with E-state index in [1.807, 2.05) is 19.9 Å². The summed E-state index contributed by atoms with van der Waals surface area (Å²) >= 11 is 0. The summed E-state index contributed by atoms with van der Waals surface area (Å²) in [7, 11) is 0. The molecule has 0 aliphatic heterocycles. The summed E-state index contributed by atoms with van der Waals surface area (Å²) in [5.74, 6) is 0.668. The van der Waals surface area contributed by atoms with Gasteiger partial charge in [-0.1, -0.05) is 20.3 Å². The van der Waals surface area contributed by atoms with Crippen molar-refractivity contribution in [3.8, 4) is 5.88 Å². The molecule has 1 rings (SSSR count). The van der Waals surface area contributed by atoms with E-state index in [0.717, 1.165) is 25.1 Å². The van der Waals surface area contributed by atoms with E-state index in [-0.39, 0.29) is 6.10 Å². The summed E-state index contributed by atoms with van der Waals surface area (Å²) in [5, 5.41) is 3.49. The van der Waals surface area contributed by atoms with Gasteiger partial charge in [-0.05, 0) is 26.8 Å². The Morgan fingerprint density at radius 2 is 2.06 bits per heavy atom. The third-order valence-corrected chi connectivity index (χ3v) is 2.64. The van der Waals surface area contributed by atoms with E-state index < -0.39 is 0 Å². The second kappa shape index (κ2) is 8.03. The second-order valence-corrected chi connectivity index (χ2v) is 4.76. The standard InChI is InChI=1S/C14H25N3O/c1-5-7-12(15-6-2)8-13-9-14(17-10-16-13)18-11(3)4/h9-12,15H,5-8H2,1-4H3. The van der Waals surface area contributed by atoms with E-state index in [1.54, 1.807) is 6.33 Å². The Bertz CT molecular complexity index is 336. The van der Waals surface area contributed by atoms with Crippen molar-refractivity contribution in [3.63, 3.8) is 0 Å². The lowest BCUT2D eigenvalue weighted by atomic mass is 10.1. The van der Waals surface area contributed by atoms with Crippen LogP contribution in [0.25, 0.3) is 0 Å². The third-order valence-electron chi connectivity index (χ3n) is 2.64. The number of ether oxygens (including phenoxy) is 1. The maximum Gasteiger partial charge on any atom is 0.216 e. The highest BCUT2D eigenvalue weighted by atomic mass is 16.5. The zero-order chi connectivity index (χ0) is 13.4. The van der Waals surface area contributed by atoms with E-state index in [9.17, 15) is 0 Å². The van der Waals surface area contributed by atoms with Gasteiger partial charge in [-0.25, -0.2) is 9.97 Å². The lowest BCUT2D eigenvalue weighted by molar-refractivity contribution is 0.231. The van der Waals surface area contributed by atoms with Crippen molar-refractivity contribution < 1.29 is 4.74 Å². The van der Waals surface area contributed by atoms with Crippen LogP contribution >= 0.6 is 0 Å². The third kappa shape index (κ3) is 5.45. The number of nitrogens with zero attached hydrogens (tertiary/aromatic N) is 2.